The molecule has 1 aliphatic rings. The lowest BCUT2D eigenvalue weighted by atomic mass is 9.92. The number of pyridine rings is 1. The summed E-state index contributed by atoms with van der Waals surface area (Å²) in [5, 5.41) is 2.07. The summed E-state index contributed by atoms with van der Waals surface area (Å²) in [6.07, 6.45) is 5.97. The van der Waals surface area contributed by atoms with Crippen LogP contribution in [0.25, 0.3) is 10.8 Å². The predicted octanol–water partition coefficient (Wildman–Crippen LogP) is 3.46. The Labute approximate surface area is 101 Å². The maximum absolute atomic E-state index is 12.4. The lowest BCUT2D eigenvalue weighted by molar-refractivity contribution is 0.0918. The van der Waals surface area contributed by atoms with Gasteiger partial charge in [0.1, 0.15) is 0 Å². The third-order valence-electron chi connectivity index (χ3n) is 3.69. The number of benzene rings is 1. The predicted molar refractivity (Wildman–Crippen MR) is 68.0 cm³/mol. The van der Waals surface area contributed by atoms with E-state index in [0.717, 1.165) is 16.3 Å². The van der Waals surface area contributed by atoms with E-state index in [1.165, 1.54) is 12.8 Å². The van der Waals surface area contributed by atoms with E-state index < -0.39 is 0 Å². The minimum atomic E-state index is 0.154. The second kappa shape index (κ2) is 3.95. The average molecular weight is 225 g/mol. The first-order chi connectivity index (χ1) is 8.27. The van der Waals surface area contributed by atoms with Crippen LogP contribution < -0.4 is 0 Å². The van der Waals surface area contributed by atoms with Gasteiger partial charge in [0.05, 0.1) is 0 Å². The molecule has 0 amide bonds. The monoisotopic (exact) mass is 225 g/mol. The van der Waals surface area contributed by atoms with E-state index in [0.29, 0.717) is 5.92 Å². The lowest BCUT2D eigenvalue weighted by Gasteiger charge is -2.10. The normalized spacial score (nSPS) is 17.0. The molecule has 0 bridgehead atoms. The Morgan fingerprint density at radius 2 is 2.18 bits per heavy atom. The van der Waals surface area contributed by atoms with Crippen LogP contribution in [0, 0.1) is 11.8 Å². The Kier molecular flexibility index (Phi) is 2.43. The third-order valence-corrected chi connectivity index (χ3v) is 3.69. The first-order valence-corrected chi connectivity index (χ1v) is 6.14. The van der Waals surface area contributed by atoms with Crippen LogP contribution in [0.1, 0.15) is 30.1 Å². The SMILES string of the molecule is CC(C(=O)c1cccc2ccncc12)C1CC1. The molecule has 3 rings (SSSR count). The number of carbonyl (C=O) groups excluding carboxylic acids is 1. The van der Waals surface area contributed by atoms with Crippen LogP contribution in [-0.4, -0.2) is 10.8 Å². The van der Waals surface area contributed by atoms with Gasteiger partial charge in [0.15, 0.2) is 5.78 Å². The average Bonchev–Trinajstić information content (AvgIpc) is 3.20. The summed E-state index contributed by atoms with van der Waals surface area (Å²) < 4.78 is 0. The first kappa shape index (κ1) is 10.5. The molecule has 1 aliphatic carbocycles. The molecule has 0 N–H and O–H groups in total. The van der Waals surface area contributed by atoms with E-state index >= 15 is 0 Å². The van der Waals surface area contributed by atoms with Crippen LogP contribution in [0.4, 0.5) is 0 Å². The van der Waals surface area contributed by atoms with Crippen molar-refractivity contribution in [3.05, 3.63) is 42.2 Å². The van der Waals surface area contributed by atoms with E-state index in [-0.39, 0.29) is 11.7 Å². The van der Waals surface area contributed by atoms with Gasteiger partial charge in [-0.05, 0) is 30.2 Å². The summed E-state index contributed by atoms with van der Waals surface area (Å²) in [5.41, 5.74) is 0.829. The van der Waals surface area contributed by atoms with Gasteiger partial charge in [-0.2, -0.15) is 0 Å². The van der Waals surface area contributed by atoms with Crippen molar-refractivity contribution in [3.8, 4) is 0 Å². The van der Waals surface area contributed by atoms with Crippen molar-refractivity contribution in [2.24, 2.45) is 11.8 Å². The first-order valence-electron chi connectivity index (χ1n) is 6.14. The van der Waals surface area contributed by atoms with Gasteiger partial charge in [-0.15, -0.1) is 0 Å². The van der Waals surface area contributed by atoms with Gasteiger partial charge in [0, 0.05) is 29.3 Å². The number of hydrogen-bond acceptors (Lipinski definition) is 2. The Bertz CT molecular complexity index is 567. The number of Topliss-reactive ketones (excluding diaryl/α,β-unsaturated/α-hetero) is 1. The number of aromatic nitrogens is 1. The van der Waals surface area contributed by atoms with Crippen molar-refractivity contribution < 1.29 is 4.79 Å². The van der Waals surface area contributed by atoms with Gasteiger partial charge in [-0.1, -0.05) is 25.1 Å². The second-order valence-electron chi connectivity index (χ2n) is 4.89. The van der Waals surface area contributed by atoms with Crippen LogP contribution in [0.15, 0.2) is 36.7 Å². The third kappa shape index (κ3) is 1.84. The molecule has 1 aromatic heterocycles. The summed E-state index contributed by atoms with van der Waals surface area (Å²) in [6.45, 7) is 2.05. The van der Waals surface area contributed by atoms with Gasteiger partial charge in [-0.25, -0.2) is 0 Å². The summed E-state index contributed by atoms with van der Waals surface area (Å²) in [7, 11) is 0. The standard InChI is InChI=1S/C15H15NO/c1-10(11-5-6-11)15(17)13-4-2-3-12-7-8-16-9-14(12)13/h2-4,7-11H,5-6H2,1H3. The zero-order valence-electron chi connectivity index (χ0n) is 9.89. The molecule has 1 unspecified atom stereocenters. The molecule has 86 valence electrons. The van der Waals surface area contributed by atoms with E-state index in [4.69, 9.17) is 0 Å². The molecular formula is C15H15NO. The topological polar surface area (TPSA) is 30.0 Å². The molecule has 1 atom stereocenters. The smallest absolute Gasteiger partial charge is 0.166 e. The van der Waals surface area contributed by atoms with Crippen molar-refractivity contribution in [2.75, 3.05) is 0 Å². The van der Waals surface area contributed by atoms with Crippen molar-refractivity contribution in [3.63, 3.8) is 0 Å². The summed E-state index contributed by atoms with van der Waals surface area (Å²) in [6, 6.07) is 7.85. The zero-order chi connectivity index (χ0) is 11.8. The number of nitrogens with zero attached hydrogens (tertiary/aromatic N) is 1. The lowest BCUT2D eigenvalue weighted by Crippen LogP contribution is -2.13. The minimum Gasteiger partial charge on any atom is -0.294 e. The van der Waals surface area contributed by atoms with Crippen LogP contribution >= 0.6 is 0 Å². The maximum atomic E-state index is 12.4. The molecule has 17 heavy (non-hydrogen) atoms. The molecule has 2 aromatic rings. The van der Waals surface area contributed by atoms with Crippen molar-refractivity contribution in [2.45, 2.75) is 19.8 Å². The Morgan fingerprint density at radius 3 is 2.94 bits per heavy atom. The quantitative estimate of drug-likeness (QED) is 0.749. The van der Waals surface area contributed by atoms with E-state index in [9.17, 15) is 4.79 Å². The molecule has 0 spiro atoms. The Morgan fingerprint density at radius 1 is 1.35 bits per heavy atom. The van der Waals surface area contributed by atoms with Gasteiger partial charge in [-0.3, -0.25) is 9.78 Å². The highest BCUT2D eigenvalue weighted by atomic mass is 16.1. The van der Waals surface area contributed by atoms with Crippen LogP contribution in [0.2, 0.25) is 0 Å². The highest BCUT2D eigenvalue weighted by Gasteiger charge is 2.33. The molecule has 0 saturated heterocycles. The summed E-state index contributed by atoms with van der Waals surface area (Å²) in [5.74, 6) is 1.03. The molecular weight excluding hydrogens is 210 g/mol. The minimum absolute atomic E-state index is 0.154. The maximum Gasteiger partial charge on any atom is 0.166 e. The molecule has 0 aliphatic heterocycles. The van der Waals surface area contributed by atoms with Crippen molar-refractivity contribution in [1.82, 2.24) is 4.98 Å². The van der Waals surface area contributed by atoms with Gasteiger partial charge in [0.2, 0.25) is 0 Å². The molecule has 2 nitrogen and oxygen atoms in total. The fourth-order valence-electron chi connectivity index (χ4n) is 2.38. The van der Waals surface area contributed by atoms with E-state index in [2.05, 4.69) is 11.9 Å². The highest BCUT2D eigenvalue weighted by Crippen LogP contribution is 2.38. The highest BCUT2D eigenvalue weighted by molar-refractivity contribution is 6.08. The number of ketones is 1. The van der Waals surface area contributed by atoms with Crippen molar-refractivity contribution >= 4 is 16.6 Å². The number of fused-ring (bicyclic) bond motifs is 1. The number of carbonyl (C=O) groups is 1. The van der Waals surface area contributed by atoms with Crippen LogP contribution in [0.5, 0.6) is 0 Å². The molecule has 0 radical (unpaired) electrons. The number of hydrogen-bond donors (Lipinski definition) is 0. The van der Waals surface area contributed by atoms with Gasteiger partial charge in [0.25, 0.3) is 0 Å². The molecule has 2 heteroatoms. The Balaban J connectivity index is 2.07. The largest absolute Gasteiger partial charge is 0.294 e. The van der Waals surface area contributed by atoms with Crippen LogP contribution in [0.3, 0.4) is 0 Å². The molecule has 1 aromatic carbocycles. The molecule has 1 fully saturated rings. The van der Waals surface area contributed by atoms with E-state index in [1.807, 2.05) is 24.3 Å². The number of rotatable bonds is 3. The second-order valence-corrected chi connectivity index (χ2v) is 4.89. The summed E-state index contributed by atoms with van der Waals surface area (Å²) in [4.78, 5) is 16.5. The summed E-state index contributed by atoms with van der Waals surface area (Å²) >= 11 is 0. The van der Waals surface area contributed by atoms with Gasteiger partial charge >= 0.3 is 0 Å². The zero-order valence-corrected chi connectivity index (χ0v) is 9.89. The molecule has 1 saturated carbocycles. The van der Waals surface area contributed by atoms with Crippen LogP contribution in [-0.2, 0) is 0 Å². The molecule has 1 heterocycles. The van der Waals surface area contributed by atoms with Gasteiger partial charge < -0.3 is 0 Å². The van der Waals surface area contributed by atoms with E-state index in [1.54, 1.807) is 12.4 Å². The fourth-order valence-corrected chi connectivity index (χ4v) is 2.38. The fraction of sp³-hybridized carbons (Fsp3) is 0.333. The Hall–Kier alpha value is -1.70. The van der Waals surface area contributed by atoms with Crippen molar-refractivity contribution in [1.29, 1.82) is 0 Å².